The molecule has 1 aromatic carbocycles. The van der Waals surface area contributed by atoms with E-state index in [1.165, 1.54) is 0 Å². The smallest absolute Gasteiger partial charge is 0.123 e. The molecule has 5 nitrogen and oxygen atoms in total. The number of aromatic nitrogens is 1. The minimum atomic E-state index is -0.500. The number of benzene rings is 1. The Morgan fingerprint density at radius 3 is 2.70 bits per heavy atom. The van der Waals surface area contributed by atoms with Crippen LogP contribution in [0.25, 0.3) is 10.6 Å². The van der Waals surface area contributed by atoms with Crippen molar-refractivity contribution in [2.24, 2.45) is 5.41 Å². The number of ether oxygens (including phenoxy) is 1. The summed E-state index contributed by atoms with van der Waals surface area (Å²) in [7, 11) is 3.62. The fourth-order valence-corrected chi connectivity index (χ4v) is 3.21. The van der Waals surface area contributed by atoms with Crippen LogP contribution < -0.4 is 4.74 Å². The van der Waals surface area contributed by atoms with Crippen LogP contribution in [0, 0.1) is 5.41 Å². The van der Waals surface area contributed by atoms with Gasteiger partial charge in [0.2, 0.25) is 0 Å². The fourth-order valence-electron chi connectivity index (χ4n) is 2.40. The van der Waals surface area contributed by atoms with E-state index in [4.69, 9.17) is 4.74 Å². The molecular weight excluding hydrogens is 312 g/mol. The Morgan fingerprint density at radius 2 is 2.04 bits per heavy atom. The SMILES string of the molecule is COc1cccc(-c2nc(CN(C)CC(C)(CO)CO)cs2)c1. The van der Waals surface area contributed by atoms with E-state index in [2.05, 4.69) is 9.88 Å². The van der Waals surface area contributed by atoms with Crippen LogP contribution in [0.4, 0.5) is 0 Å². The first-order chi connectivity index (χ1) is 11.0. The summed E-state index contributed by atoms with van der Waals surface area (Å²) in [5, 5.41) is 21.8. The first-order valence-electron chi connectivity index (χ1n) is 7.49. The van der Waals surface area contributed by atoms with Crippen LogP contribution in [0.1, 0.15) is 12.6 Å². The lowest BCUT2D eigenvalue weighted by molar-refractivity contribution is 0.0399. The third kappa shape index (κ3) is 4.75. The van der Waals surface area contributed by atoms with Gasteiger partial charge in [0, 0.05) is 29.4 Å². The monoisotopic (exact) mass is 336 g/mol. The van der Waals surface area contributed by atoms with Gasteiger partial charge in [-0.3, -0.25) is 4.90 Å². The molecular formula is C17H24N2O3S. The number of hydrogen-bond donors (Lipinski definition) is 2. The largest absolute Gasteiger partial charge is 0.497 e. The van der Waals surface area contributed by atoms with E-state index >= 15 is 0 Å². The Balaban J connectivity index is 2.04. The first-order valence-corrected chi connectivity index (χ1v) is 8.37. The highest BCUT2D eigenvalue weighted by Gasteiger charge is 2.24. The van der Waals surface area contributed by atoms with Crippen molar-refractivity contribution in [2.45, 2.75) is 13.5 Å². The molecule has 0 spiro atoms. The van der Waals surface area contributed by atoms with Crippen LogP contribution in [-0.2, 0) is 6.54 Å². The number of methoxy groups -OCH3 is 1. The van der Waals surface area contributed by atoms with Crippen LogP contribution in [-0.4, -0.2) is 54.0 Å². The molecule has 23 heavy (non-hydrogen) atoms. The number of aliphatic hydroxyl groups excluding tert-OH is 2. The summed E-state index contributed by atoms with van der Waals surface area (Å²) < 4.78 is 5.25. The number of rotatable bonds is 8. The summed E-state index contributed by atoms with van der Waals surface area (Å²) >= 11 is 1.60. The van der Waals surface area contributed by atoms with Crippen molar-refractivity contribution < 1.29 is 14.9 Å². The summed E-state index contributed by atoms with van der Waals surface area (Å²) in [5.74, 6) is 0.818. The summed E-state index contributed by atoms with van der Waals surface area (Å²) in [6.45, 7) is 3.06. The van der Waals surface area contributed by atoms with Crippen LogP contribution in [0.2, 0.25) is 0 Å². The van der Waals surface area contributed by atoms with E-state index in [9.17, 15) is 10.2 Å². The van der Waals surface area contributed by atoms with Crippen molar-refractivity contribution in [2.75, 3.05) is 33.9 Å². The Hall–Kier alpha value is -1.47. The van der Waals surface area contributed by atoms with Crippen LogP contribution in [0.15, 0.2) is 29.6 Å². The Morgan fingerprint density at radius 1 is 1.30 bits per heavy atom. The van der Waals surface area contributed by atoms with Crippen molar-refractivity contribution in [3.8, 4) is 16.3 Å². The molecule has 0 amide bonds. The van der Waals surface area contributed by atoms with Crippen molar-refractivity contribution in [1.82, 2.24) is 9.88 Å². The summed E-state index contributed by atoms with van der Waals surface area (Å²) in [4.78, 5) is 6.74. The summed E-state index contributed by atoms with van der Waals surface area (Å²) in [6.07, 6.45) is 0. The number of nitrogens with zero attached hydrogens (tertiary/aromatic N) is 2. The molecule has 2 rings (SSSR count). The number of hydrogen-bond acceptors (Lipinski definition) is 6. The summed E-state index contributed by atoms with van der Waals surface area (Å²) in [6, 6.07) is 7.86. The second-order valence-corrected chi connectivity index (χ2v) is 7.03. The predicted octanol–water partition coefficient (Wildman–Crippen LogP) is 2.24. The van der Waals surface area contributed by atoms with E-state index in [0.29, 0.717) is 13.1 Å². The Kier molecular flexibility index (Phi) is 6.12. The third-order valence-corrected chi connectivity index (χ3v) is 4.66. The van der Waals surface area contributed by atoms with E-state index in [1.807, 2.05) is 43.6 Å². The third-order valence-electron chi connectivity index (χ3n) is 3.72. The van der Waals surface area contributed by atoms with Crippen LogP contribution >= 0.6 is 11.3 Å². The molecule has 126 valence electrons. The van der Waals surface area contributed by atoms with Gasteiger partial charge in [0.1, 0.15) is 10.8 Å². The minimum Gasteiger partial charge on any atom is -0.497 e. The molecule has 0 radical (unpaired) electrons. The quantitative estimate of drug-likeness (QED) is 0.774. The highest BCUT2D eigenvalue weighted by atomic mass is 32.1. The number of aliphatic hydroxyl groups is 2. The molecule has 2 aromatic rings. The van der Waals surface area contributed by atoms with Gasteiger partial charge in [-0.1, -0.05) is 19.1 Å². The average Bonchev–Trinajstić information content (AvgIpc) is 3.03. The molecule has 6 heteroatoms. The molecule has 0 aliphatic carbocycles. The highest BCUT2D eigenvalue weighted by Crippen LogP contribution is 2.27. The molecule has 0 fully saturated rings. The van der Waals surface area contributed by atoms with E-state index < -0.39 is 5.41 Å². The van der Waals surface area contributed by atoms with Crippen LogP contribution in [0.3, 0.4) is 0 Å². The molecule has 0 aliphatic heterocycles. The Labute approximate surface area is 141 Å². The normalized spacial score (nSPS) is 11.9. The zero-order chi connectivity index (χ0) is 16.9. The second-order valence-electron chi connectivity index (χ2n) is 6.18. The van der Waals surface area contributed by atoms with Crippen molar-refractivity contribution in [3.05, 3.63) is 35.3 Å². The minimum absolute atomic E-state index is 0.0417. The molecule has 1 aromatic heterocycles. The molecule has 0 saturated heterocycles. The lowest BCUT2D eigenvalue weighted by Gasteiger charge is -2.29. The van der Waals surface area contributed by atoms with Crippen molar-refractivity contribution in [1.29, 1.82) is 0 Å². The second kappa shape index (κ2) is 7.88. The lowest BCUT2D eigenvalue weighted by atomic mass is 9.92. The van der Waals surface area contributed by atoms with E-state index in [-0.39, 0.29) is 13.2 Å². The van der Waals surface area contributed by atoms with Gasteiger partial charge >= 0.3 is 0 Å². The molecule has 1 heterocycles. The fraction of sp³-hybridized carbons (Fsp3) is 0.471. The van der Waals surface area contributed by atoms with Crippen LogP contribution in [0.5, 0.6) is 5.75 Å². The molecule has 0 bridgehead atoms. The maximum absolute atomic E-state index is 9.39. The first kappa shape index (κ1) is 17.9. The maximum atomic E-state index is 9.39. The van der Waals surface area contributed by atoms with Crippen molar-refractivity contribution in [3.63, 3.8) is 0 Å². The topological polar surface area (TPSA) is 65.8 Å². The maximum Gasteiger partial charge on any atom is 0.123 e. The molecule has 0 unspecified atom stereocenters. The zero-order valence-electron chi connectivity index (χ0n) is 13.8. The van der Waals surface area contributed by atoms with Gasteiger partial charge in [0.25, 0.3) is 0 Å². The molecule has 0 saturated carbocycles. The average molecular weight is 336 g/mol. The molecule has 2 N–H and O–H groups in total. The van der Waals surface area contributed by atoms with Gasteiger partial charge < -0.3 is 14.9 Å². The van der Waals surface area contributed by atoms with Gasteiger partial charge in [-0.05, 0) is 19.2 Å². The van der Waals surface area contributed by atoms with Crippen molar-refractivity contribution >= 4 is 11.3 Å². The Bertz CT molecular complexity index is 626. The van der Waals surface area contributed by atoms with E-state index in [0.717, 1.165) is 22.0 Å². The molecule has 0 atom stereocenters. The van der Waals surface area contributed by atoms with E-state index in [1.54, 1.807) is 18.4 Å². The lowest BCUT2D eigenvalue weighted by Crippen LogP contribution is -2.38. The highest BCUT2D eigenvalue weighted by molar-refractivity contribution is 7.13. The standard InChI is InChI=1S/C17H24N2O3S/c1-17(11-20,12-21)10-19(2)8-14-9-23-16(18-14)13-5-4-6-15(7-13)22-3/h4-7,9,20-21H,8,10-12H2,1-3H3. The zero-order valence-corrected chi connectivity index (χ0v) is 14.6. The van der Waals surface area contributed by atoms with Gasteiger partial charge in [-0.25, -0.2) is 4.98 Å². The molecule has 0 aliphatic rings. The van der Waals surface area contributed by atoms with Gasteiger partial charge in [0.05, 0.1) is 26.0 Å². The van der Waals surface area contributed by atoms with Gasteiger partial charge in [-0.2, -0.15) is 0 Å². The summed E-state index contributed by atoms with van der Waals surface area (Å²) in [5.41, 5.74) is 1.52. The number of thiazole rings is 1. The van der Waals surface area contributed by atoms with Gasteiger partial charge in [0.15, 0.2) is 0 Å². The van der Waals surface area contributed by atoms with Gasteiger partial charge in [-0.15, -0.1) is 11.3 Å². The predicted molar refractivity (Wildman–Crippen MR) is 92.7 cm³/mol.